The largest absolute Gasteiger partial charge is 0.414 e. The summed E-state index contributed by atoms with van der Waals surface area (Å²) in [5, 5.41) is 0.0847. The molecule has 0 aliphatic carbocycles. The number of aromatic nitrogens is 4. The summed E-state index contributed by atoms with van der Waals surface area (Å²) in [5.41, 5.74) is 2.85. The van der Waals surface area contributed by atoms with E-state index < -0.39 is 33.0 Å². The van der Waals surface area contributed by atoms with Crippen molar-refractivity contribution in [3.05, 3.63) is 41.5 Å². The Bertz CT molecular complexity index is 1600. The second kappa shape index (κ2) is 11.9. The smallest absolute Gasteiger partial charge is 0.341 e. The maximum absolute atomic E-state index is 13.4. The first-order chi connectivity index (χ1) is 20.0. The molecular weight excluding hydrogens is 613 g/mol. The lowest BCUT2D eigenvalue weighted by atomic mass is 10.1. The molecule has 0 radical (unpaired) electrons. The van der Waals surface area contributed by atoms with E-state index in [0.29, 0.717) is 29.8 Å². The third-order valence-electron chi connectivity index (χ3n) is 9.53. The molecule has 244 valence electrons. The number of hydrogen-bond donors (Lipinski definition) is 0. The summed E-state index contributed by atoms with van der Waals surface area (Å²) in [5.74, 6) is -0.127. The fourth-order valence-corrected chi connectivity index (χ4v) is 8.71. The first-order valence-corrected chi connectivity index (χ1v) is 22.4. The summed E-state index contributed by atoms with van der Waals surface area (Å²) < 4.78 is 54.4. The second-order valence-corrected chi connectivity index (χ2v) is 26.2. The van der Waals surface area contributed by atoms with E-state index in [2.05, 4.69) is 82.7 Å². The van der Waals surface area contributed by atoms with Gasteiger partial charge in [0.05, 0.1) is 19.0 Å². The van der Waals surface area contributed by atoms with Crippen LogP contribution in [0.4, 0.5) is 0 Å². The molecule has 0 unspecified atom stereocenters. The monoisotopic (exact) mass is 662 g/mol. The maximum atomic E-state index is 13.4. The predicted octanol–water partition coefficient (Wildman–Crippen LogP) is 7.22. The number of imidazole rings is 1. The van der Waals surface area contributed by atoms with Gasteiger partial charge in [0.2, 0.25) is 0 Å². The van der Waals surface area contributed by atoms with E-state index in [4.69, 9.17) is 17.8 Å². The van der Waals surface area contributed by atoms with Gasteiger partial charge in [-0.2, -0.15) is 13.4 Å². The van der Waals surface area contributed by atoms with E-state index in [-0.39, 0.29) is 38.6 Å². The lowest BCUT2D eigenvalue weighted by Gasteiger charge is -2.40. The van der Waals surface area contributed by atoms with Crippen LogP contribution in [0.1, 0.15) is 70.9 Å². The third kappa shape index (κ3) is 6.97. The fraction of sp³-hybridized carbons (Fsp3) is 0.645. The number of benzene rings is 1. The average Bonchev–Trinajstić information content (AvgIpc) is 3.44. The molecule has 4 rings (SSSR count). The summed E-state index contributed by atoms with van der Waals surface area (Å²) in [4.78, 5) is 13.2. The molecule has 3 atom stereocenters. The highest BCUT2D eigenvalue weighted by atomic mass is 32.2. The van der Waals surface area contributed by atoms with Crippen LogP contribution in [0.15, 0.2) is 29.7 Å². The Labute approximate surface area is 265 Å². The molecule has 13 heteroatoms. The highest BCUT2D eigenvalue weighted by Gasteiger charge is 2.47. The van der Waals surface area contributed by atoms with Crippen molar-refractivity contribution in [3.63, 3.8) is 0 Å². The average molecular weight is 663 g/mol. The molecule has 0 bridgehead atoms. The van der Waals surface area contributed by atoms with Gasteiger partial charge in [-0.3, -0.25) is 4.57 Å². The van der Waals surface area contributed by atoms with E-state index in [1.165, 1.54) is 6.33 Å². The summed E-state index contributed by atoms with van der Waals surface area (Å²) in [6.07, 6.45) is 2.55. The molecule has 10 nitrogen and oxygen atoms in total. The van der Waals surface area contributed by atoms with Crippen molar-refractivity contribution in [1.29, 1.82) is 0 Å². The molecule has 0 N–H and O–H groups in total. The van der Waals surface area contributed by atoms with Crippen LogP contribution < -0.4 is 4.18 Å². The molecule has 1 saturated heterocycles. The second-order valence-electron chi connectivity index (χ2n) is 15.1. The quantitative estimate of drug-likeness (QED) is 0.173. The van der Waals surface area contributed by atoms with Gasteiger partial charge in [-0.1, -0.05) is 59.2 Å². The maximum Gasteiger partial charge on any atom is 0.341 e. The molecule has 1 aliphatic heterocycles. The van der Waals surface area contributed by atoms with Crippen LogP contribution in [0.5, 0.6) is 5.88 Å². The van der Waals surface area contributed by atoms with Gasteiger partial charge in [-0.15, -0.1) is 0 Å². The first kappa shape index (κ1) is 34.7. The minimum Gasteiger partial charge on any atom is -0.414 e. The Morgan fingerprint density at radius 1 is 0.932 bits per heavy atom. The van der Waals surface area contributed by atoms with Crippen molar-refractivity contribution in [1.82, 2.24) is 19.5 Å². The predicted molar refractivity (Wildman–Crippen MR) is 178 cm³/mol. The molecular formula is C31H50N4O6SSi2. The topological polar surface area (TPSA) is 115 Å². The fourth-order valence-electron chi connectivity index (χ4n) is 5.02. The van der Waals surface area contributed by atoms with Crippen LogP contribution in [-0.4, -0.2) is 63.4 Å². The van der Waals surface area contributed by atoms with Gasteiger partial charge in [0, 0.05) is 6.42 Å². The molecule has 0 saturated carbocycles. The van der Waals surface area contributed by atoms with Crippen molar-refractivity contribution in [2.75, 3.05) is 6.61 Å². The minimum absolute atomic E-state index is 0.0245. The van der Waals surface area contributed by atoms with Crippen molar-refractivity contribution in [3.8, 4) is 5.88 Å². The minimum atomic E-state index is -4.18. The van der Waals surface area contributed by atoms with Crippen LogP contribution in [0.2, 0.25) is 36.3 Å². The van der Waals surface area contributed by atoms with Gasteiger partial charge < -0.3 is 17.8 Å². The molecule has 0 amide bonds. The van der Waals surface area contributed by atoms with Gasteiger partial charge in [0.1, 0.15) is 23.6 Å². The van der Waals surface area contributed by atoms with E-state index >= 15 is 0 Å². The number of ether oxygens (including phenoxy) is 1. The number of aryl methyl sites for hydroxylation is 3. The Morgan fingerprint density at radius 3 is 2.09 bits per heavy atom. The van der Waals surface area contributed by atoms with E-state index in [9.17, 15) is 8.42 Å². The highest BCUT2D eigenvalue weighted by molar-refractivity contribution is 7.87. The van der Waals surface area contributed by atoms with Gasteiger partial charge in [0.15, 0.2) is 27.8 Å². The molecule has 1 aliphatic rings. The van der Waals surface area contributed by atoms with Gasteiger partial charge in [0.25, 0.3) is 5.88 Å². The van der Waals surface area contributed by atoms with Crippen LogP contribution in [0.25, 0.3) is 11.2 Å². The first-order valence-electron chi connectivity index (χ1n) is 15.2. The molecule has 3 aromatic rings. The van der Waals surface area contributed by atoms with Crippen molar-refractivity contribution in [2.45, 2.75) is 128 Å². The summed E-state index contributed by atoms with van der Waals surface area (Å²) in [7, 11) is -8.35. The highest BCUT2D eigenvalue weighted by Crippen LogP contribution is 2.43. The number of nitrogens with zero attached hydrogens (tertiary/aromatic N) is 4. The Hall–Kier alpha value is -2.17. The normalized spacial score (nSPS) is 20.4. The van der Waals surface area contributed by atoms with Crippen molar-refractivity contribution in [2.24, 2.45) is 0 Å². The van der Waals surface area contributed by atoms with Gasteiger partial charge in [-0.05, 0) is 68.2 Å². The van der Waals surface area contributed by atoms with Gasteiger partial charge >= 0.3 is 10.1 Å². The van der Waals surface area contributed by atoms with Crippen LogP contribution in [0, 0.1) is 20.8 Å². The Morgan fingerprint density at radius 2 is 1.52 bits per heavy atom. The zero-order valence-electron chi connectivity index (χ0n) is 28.6. The number of hydrogen-bond acceptors (Lipinski definition) is 9. The number of rotatable bonds is 9. The molecule has 1 aromatic carbocycles. The zero-order chi connectivity index (χ0) is 33.0. The standard InChI is InChI=1S/C31H50N4O6SSi2/c1-20-14-21(2)27(22(3)15-20)42(36,37)40-29-26-28(32-18-33-29)35(19-34-26)25-16-23(41-44(12,13)31(7,8)9)24(39-25)17-38-43(10,11)30(4,5)6/h14-15,18-19,23-25H,16-17H2,1-13H3/t23-,24+,25+/m0/s1. The van der Waals surface area contributed by atoms with E-state index in [1.807, 2.05) is 23.6 Å². The molecule has 3 heterocycles. The van der Waals surface area contributed by atoms with Crippen LogP contribution in [-0.2, 0) is 23.7 Å². The summed E-state index contributed by atoms with van der Waals surface area (Å²) in [6.45, 7) is 28.2. The Kier molecular flexibility index (Phi) is 9.37. The number of fused-ring (bicyclic) bond motifs is 1. The lowest BCUT2D eigenvalue weighted by Crippen LogP contribution is -2.48. The van der Waals surface area contributed by atoms with Gasteiger partial charge in [-0.25, -0.2) is 9.97 Å². The summed E-state index contributed by atoms with van der Waals surface area (Å²) >= 11 is 0. The van der Waals surface area contributed by atoms with E-state index in [0.717, 1.165) is 5.56 Å². The zero-order valence-corrected chi connectivity index (χ0v) is 31.4. The van der Waals surface area contributed by atoms with Crippen LogP contribution in [0.3, 0.4) is 0 Å². The SMILES string of the molecule is Cc1cc(C)c(S(=O)(=O)Oc2ncnc3c2ncn3[C@H]2C[C@H](O[Si](C)(C)C(C)(C)C)[C@@H](CO[Si](C)(C)C(C)(C)C)O2)c(C)c1. The van der Waals surface area contributed by atoms with Crippen molar-refractivity contribution >= 4 is 37.9 Å². The molecule has 44 heavy (non-hydrogen) atoms. The summed E-state index contributed by atoms with van der Waals surface area (Å²) in [6, 6.07) is 3.64. The van der Waals surface area contributed by atoms with E-state index in [1.54, 1.807) is 20.2 Å². The molecule has 1 fully saturated rings. The van der Waals surface area contributed by atoms with Crippen LogP contribution >= 0.6 is 0 Å². The third-order valence-corrected chi connectivity index (χ3v) is 20.1. The van der Waals surface area contributed by atoms with Crippen molar-refractivity contribution < 1.29 is 26.2 Å². The lowest BCUT2D eigenvalue weighted by molar-refractivity contribution is -0.0383. The Balaban J connectivity index is 1.65. The molecule has 0 spiro atoms. The molecule has 2 aromatic heterocycles.